The summed E-state index contributed by atoms with van der Waals surface area (Å²) in [5.74, 6) is -0.262. The number of benzene rings is 2. The van der Waals surface area contributed by atoms with Gasteiger partial charge in [-0.1, -0.05) is 41.4 Å². The van der Waals surface area contributed by atoms with Crippen molar-refractivity contribution in [3.8, 4) is 0 Å². The molecular formula is C15H14Cl2FN. The Hall–Kier alpha value is -1.09. The SMILES string of the molecule is NCC(Cc1ccc(Cl)cc1F)c1cccc(Cl)c1. The smallest absolute Gasteiger partial charge is 0.127 e. The van der Waals surface area contributed by atoms with Crippen LogP contribution in [-0.4, -0.2) is 6.54 Å². The lowest BCUT2D eigenvalue weighted by molar-refractivity contribution is 0.590. The highest BCUT2D eigenvalue weighted by Gasteiger charge is 2.13. The van der Waals surface area contributed by atoms with Crippen LogP contribution in [0.2, 0.25) is 10.0 Å². The zero-order valence-corrected chi connectivity index (χ0v) is 11.8. The van der Waals surface area contributed by atoms with E-state index in [1.807, 2.05) is 24.3 Å². The first-order valence-electron chi connectivity index (χ1n) is 5.99. The van der Waals surface area contributed by atoms with Gasteiger partial charge in [-0.15, -0.1) is 0 Å². The molecule has 2 N–H and O–H groups in total. The molecule has 0 aliphatic carbocycles. The summed E-state index contributed by atoms with van der Waals surface area (Å²) in [6.07, 6.45) is 0.528. The van der Waals surface area contributed by atoms with Crippen molar-refractivity contribution in [2.24, 2.45) is 5.73 Å². The number of hydrogen-bond acceptors (Lipinski definition) is 1. The fourth-order valence-electron chi connectivity index (χ4n) is 2.05. The number of nitrogens with two attached hydrogens (primary N) is 1. The molecular weight excluding hydrogens is 284 g/mol. The third-order valence-electron chi connectivity index (χ3n) is 3.09. The van der Waals surface area contributed by atoms with Crippen molar-refractivity contribution < 1.29 is 4.39 Å². The molecule has 100 valence electrons. The fourth-order valence-corrected chi connectivity index (χ4v) is 2.41. The van der Waals surface area contributed by atoms with E-state index in [-0.39, 0.29) is 11.7 Å². The average molecular weight is 298 g/mol. The zero-order valence-electron chi connectivity index (χ0n) is 10.2. The first kappa shape index (κ1) is 14.3. The molecule has 2 aromatic rings. The Balaban J connectivity index is 2.24. The predicted molar refractivity (Wildman–Crippen MR) is 78.4 cm³/mol. The van der Waals surface area contributed by atoms with E-state index in [1.165, 1.54) is 6.07 Å². The van der Waals surface area contributed by atoms with Crippen LogP contribution in [0.25, 0.3) is 0 Å². The molecule has 0 aromatic heterocycles. The summed E-state index contributed by atoms with van der Waals surface area (Å²) in [4.78, 5) is 0. The van der Waals surface area contributed by atoms with Crippen LogP contribution >= 0.6 is 23.2 Å². The molecule has 0 radical (unpaired) electrons. The highest BCUT2D eigenvalue weighted by Crippen LogP contribution is 2.25. The summed E-state index contributed by atoms with van der Waals surface area (Å²) in [6.45, 7) is 0.433. The third kappa shape index (κ3) is 3.69. The van der Waals surface area contributed by atoms with Gasteiger partial charge in [-0.2, -0.15) is 0 Å². The minimum Gasteiger partial charge on any atom is -0.330 e. The van der Waals surface area contributed by atoms with Crippen LogP contribution in [0, 0.1) is 5.82 Å². The number of hydrogen-bond donors (Lipinski definition) is 1. The largest absolute Gasteiger partial charge is 0.330 e. The van der Waals surface area contributed by atoms with Gasteiger partial charge in [0.1, 0.15) is 5.82 Å². The Morgan fingerprint density at radius 1 is 1.05 bits per heavy atom. The van der Waals surface area contributed by atoms with Crippen LogP contribution in [0.1, 0.15) is 17.0 Å². The molecule has 0 saturated carbocycles. The summed E-state index contributed by atoms with van der Waals surface area (Å²) in [7, 11) is 0. The van der Waals surface area contributed by atoms with E-state index in [4.69, 9.17) is 28.9 Å². The normalized spacial score (nSPS) is 12.4. The summed E-state index contributed by atoms with van der Waals surface area (Å²) in [6, 6.07) is 12.2. The van der Waals surface area contributed by atoms with E-state index in [1.54, 1.807) is 12.1 Å². The second kappa shape index (κ2) is 6.38. The molecule has 0 fully saturated rings. The van der Waals surface area contributed by atoms with Crippen molar-refractivity contribution in [2.75, 3.05) is 6.54 Å². The average Bonchev–Trinajstić information content (AvgIpc) is 2.38. The molecule has 1 nitrogen and oxygen atoms in total. The Kier molecular flexibility index (Phi) is 4.81. The maximum absolute atomic E-state index is 13.8. The van der Waals surface area contributed by atoms with Gasteiger partial charge >= 0.3 is 0 Å². The Morgan fingerprint density at radius 3 is 2.42 bits per heavy atom. The maximum atomic E-state index is 13.8. The predicted octanol–water partition coefficient (Wildman–Crippen LogP) is 4.42. The van der Waals surface area contributed by atoms with Crippen molar-refractivity contribution in [3.05, 3.63) is 69.5 Å². The Labute approximate surface area is 122 Å². The quantitative estimate of drug-likeness (QED) is 0.888. The van der Waals surface area contributed by atoms with Gasteiger partial charge in [0.25, 0.3) is 0 Å². The Bertz CT molecular complexity index is 572. The molecule has 0 amide bonds. The Morgan fingerprint density at radius 2 is 1.79 bits per heavy atom. The first-order chi connectivity index (χ1) is 9.10. The van der Waals surface area contributed by atoms with Gasteiger partial charge in [-0.25, -0.2) is 4.39 Å². The molecule has 1 unspecified atom stereocenters. The van der Waals surface area contributed by atoms with Crippen molar-refractivity contribution >= 4 is 23.2 Å². The molecule has 1 atom stereocenters. The van der Waals surface area contributed by atoms with Gasteiger partial charge in [-0.05, 0) is 48.4 Å². The molecule has 4 heteroatoms. The lowest BCUT2D eigenvalue weighted by Gasteiger charge is -2.16. The van der Waals surface area contributed by atoms with Gasteiger partial charge < -0.3 is 5.73 Å². The van der Waals surface area contributed by atoms with Gasteiger partial charge in [0, 0.05) is 16.0 Å². The van der Waals surface area contributed by atoms with E-state index in [0.717, 1.165) is 5.56 Å². The van der Waals surface area contributed by atoms with Crippen LogP contribution in [-0.2, 0) is 6.42 Å². The summed E-state index contributed by atoms with van der Waals surface area (Å²) >= 11 is 11.7. The molecule has 0 spiro atoms. The van der Waals surface area contributed by atoms with E-state index in [9.17, 15) is 4.39 Å². The molecule has 0 heterocycles. The minimum absolute atomic E-state index is 0.0365. The molecule has 2 rings (SSSR count). The lowest BCUT2D eigenvalue weighted by Crippen LogP contribution is -2.15. The van der Waals surface area contributed by atoms with Gasteiger partial charge in [0.2, 0.25) is 0 Å². The number of rotatable bonds is 4. The van der Waals surface area contributed by atoms with E-state index >= 15 is 0 Å². The van der Waals surface area contributed by atoms with Crippen LogP contribution in [0.4, 0.5) is 4.39 Å². The van der Waals surface area contributed by atoms with Gasteiger partial charge in [-0.3, -0.25) is 0 Å². The van der Waals surface area contributed by atoms with E-state index < -0.39 is 0 Å². The molecule has 0 aliphatic rings. The highest BCUT2D eigenvalue weighted by molar-refractivity contribution is 6.30. The second-order valence-electron chi connectivity index (χ2n) is 4.43. The maximum Gasteiger partial charge on any atom is 0.127 e. The van der Waals surface area contributed by atoms with Crippen LogP contribution in [0.3, 0.4) is 0 Å². The monoisotopic (exact) mass is 297 g/mol. The van der Waals surface area contributed by atoms with E-state index in [2.05, 4.69) is 0 Å². The second-order valence-corrected chi connectivity index (χ2v) is 5.30. The summed E-state index contributed by atoms with van der Waals surface area (Å²) < 4.78 is 13.8. The van der Waals surface area contributed by atoms with Crippen molar-refractivity contribution in [2.45, 2.75) is 12.3 Å². The van der Waals surface area contributed by atoms with Crippen molar-refractivity contribution in [1.82, 2.24) is 0 Å². The van der Waals surface area contributed by atoms with Crippen molar-refractivity contribution in [3.63, 3.8) is 0 Å². The summed E-state index contributed by atoms with van der Waals surface area (Å²) in [5.41, 5.74) is 7.42. The topological polar surface area (TPSA) is 26.0 Å². The van der Waals surface area contributed by atoms with Gasteiger partial charge in [0.05, 0.1) is 0 Å². The molecule has 0 bridgehead atoms. The van der Waals surface area contributed by atoms with Crippen LogP contribution < -0.4 is 5.73 Å². The molecule has 0 aliphatic heterocycles. The van der Waals surface area contributed by atoms with Crippen LogP contribution in [0.5, 0.6) is 0 Å². The number of halogens is 3. The molecule has 2 aromatic carbocycles. The molecule has 19 heavy (non-hydrogen) atoms. The van der Waals surface area contributed by atoms with E-state index in [0.29, 0.717) is 28.6 Å². The third-order valence-corrected chi connectivity index (χ3v) is 3.56. The van der Waals surface area contributed by atoms with Crippen LogP contribution in [0.15, 0.2) is 42.5 Å². The zero-order chi connectivity index (χ0) is 13.8. The standard InChI is InChI=1S/C15H14Cl2FN/c16-13-3-1-2-10(7-13)12(9-19)6-11-4-5-14(17)8-15(11)18/h1-5,7-8,12H,6,9,19H2. The molecule has 0 saturated heterocycles. The first-order valence-corrected chi connectivity index (χ1v) is 6.75. The summed E-state index contributed by atoms with van der Waals surface area (Å²) in [5, 5.41) is 1.06. The van der Waals surface area contributed by atoms with Gasteiger partial charge in [0.15, 0.2) is 0 Å². The minimum atomic E-state index is -0.298. The van der Waals surface area contributed by atoms with Crippen molar-refractivity contribution in [1.29, 1.82) is 0 Å². The highest BCUT2D eigenvalue weighted by atomic mass is 35.5. The fraction of sp³-hybridized carbons (Fsp3) is 0.200. The lowest BCUT2D eigenvalue weighted by atomic mass is 9.92.